The van der Waals surface area contributed by atoms with Crippen LogP contribution in [0.4, 0.5) is 10.1 Å². The van der Waals surface area contributed by atoms with Gasteiger partial charge in [-0.05, 0) is 41.9 Å². The number of thiocarbonyl (C=S) groups is 1. The predicted octanol–water partition coefficient (Wildman–Crippen LogP) is 3.87. The Morgan fingerprint density at radius 3 is 2.36 bits per heavy atom. The van der Waals surface area contributed by atoms with Gasteiger partial charge in [0.1, 0.15) is 11.5 Å². The van der Waals surface area contributed by atoms with Gasteiger partial charge in [-0.2, -0.15) is 5.10 Å². The highest BCUT2D eigenvalue weighted by molar-refractivity contribution is 7.80. The van der Waals surface area contributed by atoms with Crippen molar-refractivity contribution in [3.05, 3.63) is 77.6 Å². The van der Waals surface area contributed by atoms with Crippen molar-refractivity contribution in [3.8, 4) is 0 Å². The minimum Gasteiger partial charge on any atom is -0.331 e. The van der Waals surface area contributed by atoms with Crippen molar-refractivity contribution in [2.24, 2.45) is 5.10 Å². The second-order valence-electron chi connectivity index (χ2n) is 5.57. The first kappa shape index (κ1) is 15.4. The Hall–Kier alpha value is -3.12. The molecular formula is C19H12FN3OS. The largest absolute Gasteiger partial charge is 0.331 e. The molecule has 6 heteroatoms. The Morgan fingerprint density at radius 2 is 1.64 bits per heavy atom. The maximum atomic E-state index is 12.9. The Labute approximate surface area is 148 Å². The van der Waals surface area contributed by atoms with Crippen LogP contribution in [0, 0.1) is 5.82 Å². The van der Waals surface area contributed by atoms with Crippen LogP contribution in [0.5, 0.6) is 0 Å². The molecule has 1 aliphatic carbocycles. The topological polar surface area (TPSA) is 53.5 Å². The van der Waals surface area contributed by atoms with Crippen molar-refractivity contribution < 1.29 is 9.18 Å². The molecule has 0 saturated carbocycles. The molecule has 2 N–H and O–H groups in total. The van der Waals surface area contributed by atoms with E-state index < -0.39 is 0 Å². The highest BCUT2D eigenvalue weighted by Crippen LogP contribution is 2.30. The molecular weight excluding hydrogens is 337 g/mol. The zero-order chi connectivity index (χ0) is 17.4. The number of carbonyl (C=O) groups excluding carboxylic acids is 1. The van der Waals surface area contributed by atoms with Crippen LogP contribution < -0.4 is 10.7 Å². The number of nitrogens with zero attached hydrogens (tertiary/aromatic N) is 1. The van der Waals surface area contributed by atoms with E-state index in [2.05, 4.69) is 15.8 Å². The third-order valence-corrected chi connectivity index (χ3v) is 4.18. The zero-order valence-corrected chi connectivity index (χ0v) is 13.7. The van der Waals surface area contributed by atoms with E-state index in [9.17, 15) is 9.18 Å². The number of ketones is 1. The van der Waals surface area contributed by atoms with Gasteiger partial charge in [-0.25, -0.2) is 4.39 Å². The van der Waals surface area contributed by atoms with Crippen LogP contribution in [0.15, 0.2) is 65.8 Å². The minimum atomic E-state index is -0.327. The fourth-order valence-corrected chi connectivity index (χ4v) is 3.05. The summed E-state index contributed by atoms with van der Waals surface area (Å²) < 4.78 is 12.9. The Balaban J connectivity index is 1.58. The summed E-state index contributed by atoms with van der Waals surface area (Å²) in [6.45, 7) is 0. The molecule has 0 aliphatic heterocycles. The van der Waals surface area contributed by atoms with Gasteiger partial charge in [0.25, 0.3) is 0 Å². The Kier molecular flexibility index (Phi) is 3.74. The molecule has 3 aromatic carbocycles. The fourth-order valence-electron chi connectivity index (χ4n) is 2.89. The lowest BCUT2D eigenvalue weighted by Gasteiger charge is -2.07. The number of Topliss-reactive ketones (excluding diaryl/α,β-unsaturated/α-hetero) is 1. The number of benzene rings is 3. The summed E-state index contributed by atoms with van der Waals surface area (Å²) in [5, 5.41) is 9.21. The van der Waals surface area contributed by atoms with Gasteiger partial charge in [-0.1, -0.05) is 36.4 Å². The van der Waals surface area contributed by atoms with Crippen LogP contribution in [0.3, 0.4) is 0 Å². The first-order valence-corrected chi connectivity index (χ1v) is 8.01. The monoisotopic (exact) mass is 349 g/mol. The average Bonchev–Trinajstić information content (AvgIpc) is 2.90. The third kappa shape index (κ3) is 2.77. The van der Waals surface area contributed by atoms with E-state index in [4.69, 9.17) is 12.2 Å². The van der Waals surface area contributed by atoms with Crippen molar-refractivity contribution in [1.29, 1.82) is 0 Å². The molecule has 0 heterocycles. The minimum absolute atomic E-state index is 0.135. The Bertz CT molecular complexity index is 1040. The van der Waals surface area contributed by atoms with E-state index in [-0.39, 0.29) is 16.7 Å². The normalized spacial score (nSPS) is 14.1. The molecule has 4 rings (SSSR count). The molecule has 25 heavy (non-hydrogen) atoms. The number of halogens is 1. The lowest BCUT2D eigenvalue weighted by atomic mass is 10.1. The maximum absolute atomic E-state index is 12.9. The lowest BCUT2D eigenvalue weighted by molar-refractivity contribution is 0.106. The average molecular weight is 349 g/mol. The SMILES string of the molecule is O=C1/C(=N\NC(=S)Nc2ccc(F)cc2)c2cccc3cccc1c23. The lowest BCUT2D eigenvalue weighted by Crippen LogP contribution is -2.26. The number of anilines is 1. The van der Waals surface area contributed by atoms with E-state index in [0.29, 0.717) is 17.0 Å². The highest BCUT2D eigenvalue weighted by Gasteiger charge is 2.28. The summed E-state index contributed by atoms with van der Waals surface area (Å²) in [4.78, 5) is 12.6. The summed E-state index contributed by atoms with van der Waals surface area (Å²) in [5.41, 5.74) is 5.08. The molecule has 0 radical (unpaired) electrons. The van der Waals surface area contributed by atoms with Crippen LogP contribution >= 0.6 is 12.2 Å². The van der Waals surface area contributed by atoms with E-state index in [1.165, 1.54) is 12.1 Å². The summed E-state index contributed by atoms with van der Waals surface area (Å²) in [5.74, 6) is -0.462. The van der Waals surface area contributed by atoms with Gasteiger partial charge in [-0.3, -0.25) is 10.2 Å². The first-order valence-electron chi connectivity index (χ1n) is 7.60. The number of nitrogens with one attached hydrogen (secondary N) is 2. The van der Waals surface area contributed by atoms with Gasteiger partial charge in [0.2, 0.25) is 5.78 Å². The van der Waals surface area contributed by atoms with Gasteiger partial charge in [0.05, 0.1) is 0 Å². The van der Waals surface area contributed by atoms with Crippen LogP contribution in [-0.4, -0.2) is 16.6 Å². The van der Waals surface area contributed by atoms with E-state index in [0.717, 1.165) is 16.3 Å². The smallest absolute Gasteiger partial charge is 0.214 e. The van der Waals surface area contributed by atoms with E-state index in [1.807, 2.05) is 30.3 Å². The van der Waals surface area contributed by atoms with E-state index >= 15 is 0 Å². The number of hydrazone groups is 1. The second kappa shape index (κ2) is 6.07. The number of hydrogen-bond acceptors (Lipinski definition) is 3. The molecule has 0 atom stereocenters. The maximum Gasteiger partial charge on any atom is 0.214 e. The van der Waals surface area contributed by atoms with Crippen LogP contribution in [-0.2, 0) is 0 Å². The van der Waals surface area contributed by atoms with Crippen LogP contribution in [0.2, 0.25) is 0 Å². The van der Waals surface area contributed by atoms with Crippen molar-refractivity contribution >= 4 is 45.3 Å². The second-order valence-corrected chi connectivity index (χ2v) is 5.98. The van der Waals surface area contributed by atoms with Gasteiger partial charge in [0.15, 0.2) is 5.11 Å². The van der Waals surface area contributed by atoms with Gasteiger partial charge in [-0.15, -0.1) is 0 Å². The molecule has 1 aliphatic rings. The molecule has 0 amide bonds. The van der Waals surface area contributed by atoms with Crippen LogP contribution in [0.1, 0.15) is 15.9 Å². The zero-order valence-electron chi connectivity index (χ0n) is 12.9. The summed E-state index contributed by atoms with van der Waals surface area (Å²) in [6, 6.07) is 17.1. The van der Waals surface area contributed by atoms with Gasteiger partial charge < -0.3 is 5.32 Å². The molecule has 122 valence electrons. The predicted molar refractivity (Wildman–Crippen MR) is 101 cm³/mol. The quantitative estimate of drug-likeness (QED) is 0.545. The third-order valence-electron chi connectivity index (χ3n) is 3.99. The molecule has 0 aromatic heterocycles. The molecule has 0 fully saturated rings. The van der Waals surface area contributed by atoms with Crippen LogP contribution in [0.25, 0.3) is 10.8 Å². The Morgan fingerprint density at radius 1 is 0.960 bits per heavy atom. The number of hydrogen-bond donors (Lipinski definition) is 2. The first-order chi connectivity index (χ1) is 12.1. The fraction of sp³-hybridized carbons (Fsp3) is 0. The summed E-state index contributed by atoms with van der Waals surface area (Å²) in [7, 11) is 0. The molecule has 0 saturated heterocycles. The molecule has 0 bridgehead atoms. The number of rotatable bonds is 2. The highest BCUT2D eigenvalue weighted by atomic mass is 32.1. The van der Waals surface area contributed by atoms with Gasteiger partial charge in [0, 0.05) is 22.2 Å². The van der Waals surface area contributed by atoms with Crippen molar-refractivity contribution in [2.45, 2.75) is 0 Å². The van der Waals surface area contributed by atoms with E-state index in [1.54, 1.807) is 18.2 Å². The molecule has 0 unspecified atom stereocenters. The molecule has 3 aromatic rings. The molecule has 4 nitrogen and oxygen atoms in total. The summed E-state index contributed by atoms with van der Waals surface area (Å²) >= 11 is 5.18. The van der Waals surface area contributed by atoms with Crippen molar-refractivity contribution in [1.82, 2.24) is 5.43 Å². The standard InChI is InChI=1S/C19H12FN3OS/c20-12-7-9-13(10-8-12)21-19(25)23-22-17-14-5-1-3-11-4-2-6-15(16(11)14)18(17)24/h1-10H,(H2,21,23,25)/b22-17-. The van der Waals surface area contributed by atoms with Gasteiger partial charge >= 0.3 is 0 Å². The van der Waals surface area contributed by atoms with Crippen molar-refractivity contribution in [3.63, 3.8) is 0 Å². The number of carbonyl (C=O) groups is 1. The van der Waals surface area contributed by atoms with Crippen molar-refractivity contribution in [2.75, 3.05) is 5.32 Å². The molecule has 0 spiro atoms. The summed E-state index contributed by atoms with van der Waals surface area (Å²) in [6.07, 6.45) is 0.